The van der Waals surface area contributed by atoms with Crippen LogP contribution in [0.5, 0.6) is 5.75 Å². The Labute approximate surface area is 217 Å². The van der Waals surface area contributed by atoms with E-state index < -0.39 is 5.97 Å². The molecule has 1 aliphatic heterocycles. The van der Waals surface area contributed by atoms with Crippen LogP contribution in [-0.2, 0) is 14.3 Å². The monoisotopic (exact) mass is 526 g/mol. The lowest BCUT2D eigenvalue weighted by Crippen LogP contribution is -2.32. The zero-order valence-electron chi connectivity index (χ0n) is 19.8. The van der Waals surface area contributed by atoms with Gasteiger partial charge in [-0.1, -0.05) is 11.6 Å². The minimum atomic E-state index is -0.538. The molecule has 4 rings (SSSR count). The molecule has 0 saturated carbocycles. The molecule has 0 bridgehead atoms. The highest BCUT2D eigenvalue weighted by atomic mass is 35.5. The molecule has 8 nitrogen and oxygen atoms in total. The highest BCUT2D eigenvalue weighted by Gasteiger charge is 2.33. The van der Waals surface area contributed by atoms with E-state index in [1.807, 2.05) is 24.3 Å². The topological polar surface area (TPSA) is 90.6 Å². The Bertz CT molecular complexity index is 1330. The molecule has 0 unspecified atom stereocenters. The molecular weight excluding hydrogens is 504 g/mol. The molecule has 0 atom stereocenters. The number of amides is 1. The molecule has 1 fully saturated rings. The average Bonchev–Trinajstić information content (AvgIpc) is 3.47. The summed E-state index contributed by atoms with van der Waals surface area (Å²) >= 11 is 7.37. The minimum absolute atomic E-state index is 0.193. The smallest absolute Gasteiger partial charge is 0.339 e. The Morgan fingerprint density at radius 2 is 1.89 bits per heavy atom. The van der Waals surface area contributed by atoms with Crippen molar-refractivity contribution in [2.24, 2.45) is 4.99 Å². The summed E-state index contributed by atoms with van der Waals surface area (Å²) in [4.78, 5) is 31.8. The van der Waals surface area contributed by atoms with E-state index in [9.17, 15) is 9.59 Å². The summed E-state index contributed by atoms with van der Waals surface area (Å²) in [7, 11) is 4.47. The van der Waals surface area contributed by atoms with Crippen molar-refractivity contribution < 1.29 is 28.2 Å². The zero-order valence-corrected chi connectivity index (χ0v) is 21.4. The molecule has 0 aliphatic carbocycles. The van der Waals surface area contributed by atoms with E-state index in [0.29, 0.717) is 46.0 Å². The molecule has 3 aromatic rings. The van der Waals surface area contributed by atoms with Crippen molar-refractivity contribution in [2.75, 3.05) is 34.5 Å². The summed E-state index contributed by atoms with van der Waals surface area (Å²) in [6.07, 6.45) is 1.67. The molecule has 186 valence electrons. The predicted molar refractivity (Wildman–Crippen MR) is 140 cm³/mol. The van der Waals surface area contributed by atoms with Gasteiger partial charge in [-0.15, -0.1) is 0 Å². The third-order valence-electron chi connectivity index (χ3n) is 5.26. The van der Waals surface area contributed by atoms with E-state index in [0.717, 1.165) is 5.75 Å². The maximum Gasteiger partial charge on any atom is 0.339 e. The molecule has 0 spiro atoms. The number of halogens is 1. The average molecular weight is 527 g/mol. The largest absolute Gasteiger partial charge is 0.497 e. The van der Waals surface area contributed by atoms with E-state index in [1.165, 1.54) is 18.9 Å². The van der Waals surface area contributed by atoms with Crippen molar-refractivity contribution in [1.29, 1.82) is 0 Å². The van der Waals surface area contributed by atoms with Gasteiger partial charge in [0.15, 0.2) is 5.17 Å². The van der Waals surface area contributed by atoms with Gasteiger partial charge in [0, 0.05) is 18.7 Å². The number of hydrogen-bond acceptors (Lipinski definition) is 8. The summed E-state index contributed by atoms with van der Waals surface area (Å²) < 4.78 is 21.1. The van der Waals surface area contributed by atoms with E-state index in [2.05, 4.69) is 4.99 Å². The fourth-order valence-electron chi connectivity index (χ4n) is 3.40. The SMILES string of the molecule is COCCN1C(=O)/C(=C\c2ccc(-c3ccc(Cl)c(C(=O)OC)c3)o2)SC1=Nc1ccc(OC)cc1. The number of aliphatic imine (C=N–C) groups is 1. The van der Waals surface area contributed by atoms with E-state index in [4.69, 9.17) is 30.2 Å². The lowest BCUT2D eigenvalue weighted by atomic mass is 10.1. The number of amidine groups is 1. The van der Waals surface area contributed by atoms with Gasteiger partial charge < -0.3 is 18.6 Å². The van der Waals surface area contributed by atoms with Crippen LogP contribution in [0.3, 0.4) is 0 Å². The normalized spacial score (nSPS) is 15.7. The van der Waals surface area contributed by atoms with Gasteiger partial charge in [-0.2, -0.15) is 0 Å². The number of methoxy groups -OCH3 is 3. The number of benzene rings is 2. The Hall–Kier alpha value is -3.53. The van der Waals surface area contributed by atoms with Crippen molar-refractivity contribution in [3.05, 3.63) is 75.8 Å². The van der Waals surface area contributed by atoms with Crippen LogP contribution in [0.25, 0.3) is 17.4 Å². The van der Waals surface area contributed by atoms with Crippen LogP contribution in [-0.4, -0.2) is 56.4 Å². The summed E-state index contributed by atoms with van der Waals surface area (Å²) in [5.41, 5.74) is 1.58. The van der Waals surface area contributed by atoms with Crippen LogP contribution in [0.2, 0.25) is 5.02 Å². The summed E-state index contributed by atoms with van der Waals surface area (Å²) in [6, 6.07) is 15.7. The lowest BCUT2D eigenvalue weighted by Gasteiger charge is -2.14. The van der Waals surface area contributed by atoms with Crippen LogP contribution < -0.4 is 4.74 Å². The molecule has 1 amide bonds. The van der Waals surface area contributed by atoms with Crippen LogP contribution in [0.4, 0.5) is 5.69 Å². The number of rotatable bonds is 8. The van der Waals surface area contributed by atoms with Gasteiger partial charge in [-0.05, 0) is 66.4 Å². The summed E-state index contributed by atoms with van der Waals surface area (Å²) in [5, 5.41) is 0.827. The Morgan fingerprint density at radius 1 is 1.11 bits per heavy atom. The van der Waals surface area contributed by atoms with E-state index in [1.54, 1.807) is 55.5 Å². The number of esters is 1. The third kappa shape index (κ3) is 5.64. The minimum Gasteiger partial charge on any atom is -0.497 e. The standard InChI is InChI=1S/C26H23ClN2O6S/c1-32-13-12-29-24(30)23(36-26(29)28-17-5-7-18(33-2)8-6-17)15-19-9-11-22(35-19)16-4-10-21(27)20(14-16)25(31)34-3/h4-11,14-15H,12-13H2,1-3H3/b23-15+,28-26?. The first-order valence-corrected chi connectivity index (χ1v) is 12.0. The van der Waals surface area contributed by atoms with Crippen molar-refractivity contribution in [1.82, 2.24) is 4.90 Å². The molecule has 2 aromatic carbocycles. The number of hydrogen-bond donors (Lipinski definition) is 0. The molecule has 1 aliphatic rings. The molecule has 1 aromatic heterocycles. The Balaban J connectivity index is 1.61. The number of furan rings is 1. The maximum atomic E-state index is 13.2. The second kappa shape index (κ2) is 11.5. The zero-order chi connectivity index (χ0) is 25.7. The predicted octanol–water partition coefficient (Wildman–Crippen LogP) is 5.65. The second-order valence-corrected chi connectivity index (χ2v) is 8.96. The first-order chi connectivity index (χ1) is 17.4. The van der Waals surface area contributed by atoms with Gasteiger partial charge >= 0.3 is 5.97 Å². The van der Waals surface area contributed by atoms with Gasteiger partial charge in [0.2, 0.25) is 0 Å². The van der Waals surface area contributed by atoms with E-state index >= 15 is 0 Å². The molecule has 0 N–H and O–H groups in total. The first kappa shape index (κ1) is 25.6. The van der Waals surface area contributed by atoms with E-state index in [-0.39, 0.29) is 16.5 Å². The van der Waals surface area contributed by atoms with Gasteiger partial charge in [-0.25, -0.2) is 9.79 Å². The molecule has 2 heterocycles. The van der Waals surface area contributed by atoms with Crippen LogP contribution in [0.1, 0.15) is 16.1 Å². The molecule has 1 saturated heterocycles. The van der Waals surface area contributed by atoms with Gasteiger partial charge in [0.25, 0.3) is 5.91 Å². The third-order valence-corrected chi connectivity index (χ3v) is 6.60. The highest BCUT2D eigenvalue weighted by molar-refractivity contribution is 8.18. The number of ether oxygens (including phenoxy) is 3. The molecule has 10 heteroatoms. The summed E-state index contributed by atoms with van der Waals surface area (Å²) in [6.45, 7) is 0.727. The van der Waals surface area contributed by atoms with Gasteiger partial charge in [-0.3, -0.25) is 9.69 Å². The van der Waals surface area contributed by atoms with Crippen molar-refractivity contribution >= 4 is 52.2 Å². The molecule has 0 radical (unpaired) electrons. The van der Waals surface area contributed by atoms with Gasteiger partial charge in [0.05, 0.1) is 48.5 Å². The number of nitrogens with zero attached hydrogens (tertiary/aromatic N) is 2. The molecular formula is C26H23ClN2O6S. The van der Waals surface area contributed by atoms with Gasteiger partial charge in [0.1, 0.15) is 17.3 Å². The Kier molecular flexibility index (Phi) is 8.14. The number of carbonyl (C=O) groups excluding carboxylic acids is 2. The quantitative estimate of drug-likeness (QED) is 0.277. The van der Waals surface area contributed by atoms with Crippen molar-refractivity contribution in [3.63, 3.8) is 0 Å². The maximum absolute atomic E-state index is 13.2. The van der Waals surface area contributed by atoms with Crippen LogP contribution in [0.15, 0.2) is 68.9 Å². The fourth-order valence-corrected chi connectivity index (χ4v) is 4.60. The number of carbonyl (C=O) groups is 2. The highest BCUT2D eigenvalue weighted by Crippen LogP contribution is 2.35. The number of thioether (sulfide) groups is 1. The van der Waals surface area contributed by atoms with Crippen molar-refractivity contribution in [3.8, 4) is 17.1 Å². The summed E-state index contributed by atoms with van der Waals surface area (Å²) in [5.74, 6) is 0.986. The molecule has 36 heavy (non-hydrogen) atoms. The Morgan fingerprint density at radius 3 is 2.58 bits per heavy atom. The fraction of sp³-hybridized carbons (Fsp3) is 0.192. The van der Waals surface area contributed by atoms with Crippen LogP contribution >= 0.6 is 23.4 Å². The van der Waals surface area contributed by atoms with Crippen molar-refractivity contribution in [2.45, 2.75) is 0 Å². The second-order valence-electron chi connectivity index (χ2n) is 7.54. The van der Waals surface area contributed by atoms with Crippen LogP contribution in [0, 0.1) is 0 Å². The lowest BCUT2D eigenvalue weighted by molar-refractivity contribution is -0.122. The first-order valence-electron chi connectivity index (χ1n) is 10.8.